The van der Waals surface area contributed by atoms with Crippen LogP contribution in [0.5, 0.6) is 5.75 Å². The van der Waals surface area contributed by atoms with Gasteiger partial charge in [-0.15, -0.1) is 0 Å². The maximum absolute atomic E-state index is 13.2. The van der Waals surface area contributed by atoms with Crippen LogP contribution in [0.3, 0.4) is 0 Å². The summed E-state index contributed by atoms with van der Waals surface area (Å²) in [6, 6.07) is 22.0. The third kappa shape index (κ3) is 5.11. The molecule has 3 aromatic rings. The largest absolute Gasteiger partial charge is 0.507 e. The van der Waals surface area contributed by atoms with Crippen LogP contribution >= 0.6 is 0 Å². The van der Waals surface area contributed by atoms with Crippen LogP contribution < -0.4 is 5.32 Å². The monoisotopic (exact) mass is 402 g/mol. The quantitative estimate of drug-likeness (QED) is 0.607. The smallest absolute Gasteiger partial charge is 0.324 e. The Hall–Kier alpha value is -3.93. The van der Waals surface area contributed by atoms with Gasteiger partial charge in [-0.05, 0) is 36.2 Å². The number of hydrogen-bond donors (Lipinski definition) is 2. The topological polar surface area (TPSA) is 86.7 Å². The van der Waals surface area contributed by atoms with Gasteiger partial charge in [-0.25, -0.2) is 4.79 Å². The number of phenols is 1. The lowest BCUT2D eigenvalue weighted by molar-refractivity contribution is 0.0790. The molecule has 3 amide bonds. The number of carbonyl (C=O) groups excluding carboxylic acids is 3. The molecule has 0 spiro atoms. The molecular formula is C24H22N2O4. The molecule has 0 aliphatic rings. The number of benzene rings is 3. The fourth-order valence-electron chi connectivity index (χ4n) is 2.98. The summed E-state index contributed by atoms with van der Waals surface area (Å²) >= 11 is 0. The zero-order valence-electron chi connectivity index (χ0n) is 16.5. The highest BCUT2D eigenvalue weighted by molar-refractivity contribution is 6.06. The summed E-state index contributed by atoms with van der Waals surface area (Å²) < 4.78 is 0. The Morgan fingerprint density at radius 1 is 0.867 bits per heavy atom. The maximum Gasteiger partial charge on any atom is 0.324 e. The molecule has 0 aliphatic carbocycles. The van der Waals surface area contributed by atoms with Crippen molar-refractivity contribution in [1.29, 1.82) is 0 Å². The lowest BCUT2D eigenvalue weighted by atomic mass is 10.1. The van der Waals surface area contributed by atoms with Gasteiger partial charge in [0.05, 0.1) is 12.1 Å². The van der Waals surface area contributed by atoms with Crippen LogP contribution in [-0.2, 0) is 13.1 Å². The number of nitrogens with zero attached hydrogens (tertiary/aromatic N) is 1. The zero-order valence-corrected chi connectivity index (χ0v) is 16.5. The second-order valence-electron chi connectivity index (χ2n) is 6.81. The second kappa shape index (κ2) is 9.52. The van der Waals surface area contributed by atoms with Crippen LogP contribution in [0.25, 0.3) is 0 Å². The van der Waals surface area contributed by atoms with E-state index in [1.54, 1.807) is 0 Å². The lowest BCUT2D eigenvalue weighted by Gasteiger charge is -2.22. The number of nitrogens with one attached hydrogen (secondary N) is 1. The molecule has 0 saturated heterocycles. The first-order valence-electron chi connectivity index (χ1n) is 9.47. The molecule has 3 rings (SSSR count). The third-order valence-electron chi connectivity index (χ3n) is 4.58. The van der Waals surface area contributed by atoms with E-state index in [4.69, 9.17) is 0 Å². The third-order valence-corrected chi connectivity index (χ3v) is 4.58. The van der Waals surface area contributed by atoms with E-state index in [-0.39, 0.29) is 35.7 Å². The molecule has 0 heterocycles. The Balaban J connectivity index is 1.86. The van der Waals surface area contributed by atoms with Gasteiger partial charge in [0.1, 0.15) is 5.75 Å². The minimum Gasteiger partial charge on any atom is -0.507 e. The highest BCUT2D eigenvalue weighted by Crippen LogP contribution is 2.21. The van der Waals surface area contributed by atoms with E-state index in [0.717, 1.165) is 16.0 Å². The number of phenolic OH excluding ortho intramolecular Hbond substituents is 1. The molecule has 0 aliphatic heterocycles. The number of amides is 3. The van der Waals surface area contributed by atoms with Gasteiger partial charge in [-0.1, -0.05) is 60.7 Å². The van der Waals surface area contributed by atoms with E-state index in [9.17, 15) is 19.5 Å². The molecule has 0 radical (unpaired) electrons. The number of hydrogen-bond acceptors (Lipinski definition) is 4. The van der Waals surface area contributed by atoms with Crippen molar-refractivity contribution in [3.63, 3.8) is 0 Å². The van der Waals surface area contributed by atoms with Gasteiger partial charge in [-0.2, -0.15) is 0 Å². The molecule has 6 heteroatoms. The average Bonchev–Trinajstić information content (AvgIpc) is 2.77. The van der Waals surface area contributed by atoms with Crippen molar-refractivity contribution in [3.8, 4) is 5.75 Å². The molecule has 3 aromatic carbocycles. The summed E-state index contributed by atoms with van der Waals surface area (Å²) in [5.74, 6) is -1.14. The Morgan fingerprint density at radius 3 is 2.07 bits per heavy atom. The fraction of sp³-hybridized carbons (Fsp3) is 0.125. The standard InChI is InChI=1S/C24H22N2O4/c1-17(27)21-14-20(12-13-22(21)28)23(29)26(16-19-10-6-3-7-11-19)24(30)25-15-18-8-4-2-5-9-18/h2-14,28H,15-16H2,1H3,(H,25,30). The molecule has 30 heavy (non-hydrogen) atoms. The number of Topliss-reactive ketones (excluding diaryl/α,β-unsaturated/α-hetero) is 1. The van der Waals surface area contributed by atoms with Gasteiger partial charge >= 0.3 is 6.03 Å². The average molecular weight is 402 g/mol. The Bertz CT molecular complexity index is 1050. The van der Waals surface area contributed by atoms with E-state index in [1.165, 1.54) is 25.1 Å². The van der Waals surface area contributed by atoms with E-state index in [2.05, 4.69) is 5.32 Å². The van der Waals surface area contributed by atoms with Gasteiger partial charge < -0.3 is 10.4 Å². The maximum atomic E-state index is 13.2. The molecule has 0 bridgehead atoms. The highest BCUT2D eigenvalue weighted by Gasteiger charge is 2.24. The molecule has 0 saturated carbocycles. The first-order chi connectivity index (χ1) is 14.5. The van der Waals surface area contributed by atoms with Crippen LogP contribution in [-0.4, -0.2) is 27.7 Å². The predicted molar refractivity (Wildman–Crippen MR) is 113 cm³/mol. The number of aromatic hydroxyl groups is 1. The van der Waals surface area contributed by atoms with E-state index in [1.807, 2.05) is 60.7 Å². The van der Waals surface area contributed by atoms with E-state index >= 15 is 0 Å². The highest BCUT2D eigenvalue weighted by atomic mass is 16.3. The number of carbonyl (C=O) groups is 3. The lowest BCUT2D eigenvalue weighted by Crippen LogP contribution is -2.43. The van der Waals surface area contributed by atoms with Crippen LogP contribution in [0, 0.1) is 0 Å². The van der Waals surface area contributed by atoms with Crippen molar-refractivity contribution in [2.45, 2.75) is 20.0 Å². The molecule has 0 fully saturated rings. The molecule has 6 nitrogen and oxygen atoms in total. The Morgan fingerprint density at radius 2 is 1.47 bits per heavy atom. The van der Waals surface area contributed by atoms with Crippen molar-refractivity contribution in [2.75, 3.05) is 0 Å². The summed E-state index contributed by atoms with van der Waals surface area (Å²) in [6.07, 6.45) is 0. The molecular weight excluding hydrogens is 380 g/mol. The predicted octanol–water partition coefficient (Wildman–Crippen LogP) is 4.15. The Labute approximate surface area is 174 Å². The molecule has 0 atom stereocenters. The van der Waals surface area contributed by atoms with Gasteiger partial charge in [0.15, 0.2) is 5.78 Å². The number of ketones is 1. The number of rotatable bonds is 6. The summed E-state index contributed by atoms with van der Waals surface area (Å²) in [7, 11) is 0. The molecule has 0 unspecified atom stereocenters. The first kappa shape index (κ1) is 20.8. The summed E-state index contributed by atoms with van der Waals surface area (Å²) in [6.45, 7) is 1.64. The fourth-order valence-corrected chi connectivity index (χ4v) is 2.98. The molecule has 152 valence electrons. The second-order valence-corrected chi connectivity index (χ2v) is 6.81. The van der Waals surface area contributed by atoms with E-state index in [0.29, 0.717) is 0 Å². The SMILES string of the molecule is CC(=O)c1cc(C(=O)N(Cc2ccccc2)C(=O)NCc2ccccc2)ccc1O. The summed E-state index contributed by atoms with van der Waals surface area (Å²) in [5, 5.41) is 12.6. The summed E-state index contributed by atoms with van der Waals surface area (Å²) in [5.41, 5.74) is 1.86. The minimum absolute atomic E-state index is 0.0326. The Kier molecular flexibility index (Phi) is 6.60. The van der Waals surface area contributed by atoms with Crippen LogP contribution in [0.2, 0.25) is 0 Å². The van der Waals surface area contributed by atoms with Crippen molar-refractivity contribution in [1.82, 2.24) is 10.2 Å². The van der Waals surface area contributed by atoms with Gasteiger partial charge in [0.25, 0.3) is 5.91 Å². The number of imide groups is 1. The molecule has 0 aromatic heterocycles. The van der Waals surface area contributed by atoms with Crippen LogP contribution in [0.15, 0.2) is 78.9 Å². The zero-order chi connectivity index (χ0) is 21.5. The minimum atomic E-state index is -0.563. The number of urea groups is 1. The van der Waals surface area contributed by atoms with Crippen molar-refractivity contribution in [2.24, 2.45) is 0 Å². The van der Waals surface area contributed by atoms with Crippen LogP contribution in [0.4, 0.5) is 4.79 Å². The van der Waals surface area contributed by atoms with Gasteiger partial charge in [0, 0.05) is 12.1 Å². The normalized spacial score (nSPS) is 10.3. The van der Waals surface area contributed by atoms with Crippen LogP contribution in [0.1, 0.15) is 38.8 Å². The van der Waals surface area contributed by atoms with Gasteiger partial charge in [-0.3, -0.25) is 14.5 Å². The van der Waals surface area contributed by atoms with Gasteiger partial charge in [0.2, 0.25) is 0 Å². The molecule has 2 N–H and O–H groups in total. The van der Waals surface area contributed by atoms with Crippen molar-refractivity contribution in [3.05, 3.63) is 101 Å². The van der Waals surface area contributed by atoms with Crippen molar-refractivity contribution >= 4 is 17.7 Å². The first-order valence-corrected chi connectivity index (χ1v) is 9.47. The summed E-state index contributed by atoms with van der Waals surface area (Å²) in [4.78, 5) is 38.9. The van der Waals surface area contributed by atoms with Crippen molar-refractivity contribution < 1.29 is 19.5 Å². The van der Waals surface area contributed by atoms with E-state index < -0.39 is 11.9 Å².